The van der Waals surface area contributed by atoms with Crippen molar-refractivity contribution >= 4 is 11.5 Å². The van der Waals surface area contributed by atoms with Gasteiger partial charge in [-0.3, -0.25) is 4.98 Å². The van der Waals surface area contributed by atoms with E-state index in [9.17, 15) is 8.78 Å². The summed E-state index contributed by atoms with van der Waals surface area (Å²) < 4.78 is 33.1. The monoisotopic (exact) mass is 472 g/mol. The summed E-state index contributed by atoms with van der Waals surface area (Å²) in [6, 6.07) is 16.7. The van der Waals surface area contributed by atoms with Gasteiger partial charge in [0.05, 0.1) is 5.69 Å². The smallest absolute Gasteiger partial charge is 0.131 e. The Kier molecular flexibility index (Phi) is 7.06. The second-order valence-electron chi connectivity index (χ2n) is 8.32. The van der Waals surface area contributed by atoms with Crippen LogP contribution in [0.4, 0.5) is 14.6 Å². The SMILES string of the molecule is C=C(NCc1cc(F)cc(F)c1)c1cccc(Oc2ccnc(-c3ccc(N(C)C)nc3)c2)c1C. The molecule has 0 aliphatic rings. The van der Waals surface area contributed by atoms with Crippen LogP contribution in [0.15, 0.2) is 79.6 Å². The number of hydrogen-bond donors (Lipinski definition) is 1. The fourth-order valence-corrected chi connectivity index (χ4v) is 3.63. The van der Waals surface area contributed by atoms with Gasteiger partial charge in [0.15, 0.2) is 0 Å². The minimum absolute atomic E-state index is 0.242. The van der Waals surface area contributed by atoms with Crippen molar-refractivity contribution in [2.45, 2.75) is 13.5 Å². The van der Waals surface area contributed by atoms with Crippen molar-refractivity contribution in [1.29, 1.82) is 0 Å². The predicted octanol–water partition coefficient (Wildman–Crippen LogP) is 6.35. The number of benzene rings is 2. The number of halogens is 2. The van der Waals surface area contributed by atoms with E-state index in [2.05, 4.69) is 21.9 Å². The van der Waals surface area contributed by atoms with E-state index in [0.29, 0.717) is 22.8 Å². The molecule has 35 heavy (non-hydrogen) atoms. The molecule has 0 saturated heterocycles. The maximum atomic E-state index is 13.5. The van der Waals surface area contributed by atoms with Gasteiger partial charge in [0.1, 0.15) is 29.0 Å². The molecule has 178 valence electrons. The van der Waals surface area contributed by atoms with Crippen LogP contribution >= 0.6 is 0 Å². The molecule has 0 radical (unpaired) electrons. The Morgan fingerprint density at radius 1 is 1.00 bits per heavy atom. The lowest BCUT2D eigenvalue weighted by molar-refractivity contribution is 0.478. The van der Waals surface area contributed by atoms with Crippen LogP contribution in [-0.4, -0.2) is 24.1 Å². The topological polar surface area (TPSA) is 50.3 Å². The molecule has 0 bridgehead atoms. The molecule has 4 rings (SSSR count). The maximum absolute atomic E-state index is 13.5. The van der Waals surface area contributed by atoms with Gasteiger partial charge < -0.3 is 15.0 Å². The van der Waals surface area contributed by atoms with Crippen molar-refractivity contribution < 1.29 is 13.5 Å². The fraction of sp³-hybridized carbons (Fsp3) is 0.143. The number of nitrogens with one attached hydrogen (secondary N) is 1. The molecule has 0 aliphatic heterocycles. The van der Waals surface area contributed by atoms with E-state index in [1.165, 1.54) is 12.1 Å². The summed E-state index contributed by atoms with van der Waals surface area (Å²) in [6.07, 6.45) is 3.48. The molecule has 0 saturated carbocycles. The molecule has 0 aliphatic carbocycles. The van der Waals surface area contributed by atoms with Crippen molar-refractivity contribution in [1.82, 2.24) is 15.3 Å². The third kappa shape index (κ3) is 5.81. The predicted molar refractivity (Wildman–Crippen MR) is 135 cm³/mol. The molecule has 0 amide bonds. The van der Waals surface area contributed by atoms with E-state index in [4.69, 9.17) is 4.74 Å². The van der Waals surface area contributed by atoms with Crippen LogP contribution in [0.25, 0.3) is 17.0 Å². The minimum atomic E-state index is -0.611. The zero-order valence-corrected chi connectivity index (χ0v) is 19.8. The van der Waals surface area contributed by atoms with Crippen molar-refractivity contribution in [2.24, 2.45) is 0 Å². The molecule has 0 fully saturated rings. The zero-order valence-electron chi connectivity index (χ0n) is 19.8. The number of pyridine rings is 2. The van der Waals surface area contributed by atoms with Crippen LogP contribution in [-0.2, 0) is 6.54 Å². The van der Waals surface area contributed by atoms with Crippen molar-refractivity contribution in [3.8, 4) is 22.8 Å². The Labute approximate surface area is 203 Å². The highest BCUT2D eigenvalue weighted by atomic mass is 19.1. The van der Waals surface area contributed by atoms with Crippen LogP contribution in [0, 0.1) is 18.6 Å². The van der Waals surface area contributed by atoms with E-state index in [0.717, 1.165) is 34.3 Å². The van der Waals surface area contributed by atoms with Crippen LogP contribution in [0.2, 0.25) is 0 Å². The Morgan fingerprint density at radius 2 is 1.77 bits per heavy atom. The van der Waals surface area contributed by atoms with Crippen molar-refractivity contribution in [3.05, 3.63) is 108 Å². The van der Waals surface area contributed by atoms with E-state index in [1.807, 2.05) is 62.3 Å². The molecule has 4 aromatic rings. The lowest BCUT2D eigenvalue weighted by atomic mass is 10.0. The summed E-state index contributed by atoms with van der Waals surface area (Å²) in [5.41, 5.74) is 4.48. The summed E-state index contributed by atoms with van der Waals surface area (Å²) >= 11 is 0. The summed E-state index contributed by atoms with van der Waals surface area (Å²) in [5, 5.41) is 3.14. The number of rotatable bonds is 8. The Hall–Kier alpha value is -4.26. The summed E-state index contributed by atoms with van der Waals surface area (Å²) in [5.74, 6) is 0.950. The molecule has 0 unspecified atom stereocenters. The number of nitrogens with zero attached hydrogens (tertiary/aromatic N) is 3. The van der Waals surface area contributed by atoms with Gasteiger partial charge >= 0.3 is 0 Å². The first-order valence-corrected chi connectivity index (χ1v) is 11.1. The minimum Gasteiger partial charge on any atom is -0.457 e. The van der Waals surface area contributed by atoms with Crippen molar-refractivity contribution in [2.75, 3.05) is 19.0 Å². The van der Waals surface area contributed by atoms with Gasteiger partial charge in [-0.1, -0.05) is 18.7 Å². The summed E-state index contributed by atoms with van der Waals surface area (Å²) in [7, 11) is 3.88. The van der Waals surface area contributed by atoms with Gasteiger partial charge in [-0.15, -0.1) is 0 Å². The normalized spacial score (nSPS) is 10.7. The van der Waals surface area contributed by atoms with Crippen LogP contribution in [0.3, 0.4) is 0 Å². The third-order valence-corrected chi connectivity index (χ3v) is 5.50. The van der Waals surface area contributed by atoms with E-state index in [-0.39, 0.29) is 6.54 Å². The molecule has 1 N–H and O–H groups in total. The van der Waals surface area contributed by atoms with Crippen LogP contribution < -0.4 is 15.0 Å². The van der Waals surface area contributed by atoms with E-state index in [1.54, 1.807) is 18.5 Å². The number of hydrogen-bond acceptors (Lipinski definition) is 5. The lowest BCUT2D eigenvalue weighted by Crippen LogP contribution is -2.12. The third-order valence-electron chi connectivity index (χ3n) is 5.50. The van der Waals surface area contributed by atoms with E-state index >= 15 is 0 Å². The van der Waals surface area contributed by atoms with Gasteiger partial charge in [0.2, 0.25) is 0 Å². The Balaban J connectivity index is 1.49. The first-order valence-electron chi connectivity index (χ1n) is 11.1. The highest BCUT2D eigenvalue weighted by Crippen LogP contribution is 2.31. The first kappa shape index (κ1) is 23.9. The van der Waals surface area contributed by atoms with Gasteiger partial charge in [-0.05, 0) is 48.9 Å². The quantitative estimate of drug-likeness (QED) is 0.324. The highest BCUT2D eigenvalue weighted by Gasteiger charge is 2.11. The average molecular weight is 473 g/mol. The van der Waals surface area contributed by atoms with Gasteiger partial charge in [-0.25, -0.2) is 13.8 Å². The molecule has 0 spiro atoms. The lowest BCUT2D eigenvalue weighted by Gasteiger charge is -2.16. The molecular formula is C28H26F2N4O. The highest BCUT2D eigenvalue weighted by molar-refractivity contribution is 5.67. The standard InChI is InChI=1S/C28H26F2N4O/c1-18-25(19(2)32-16-20-12-22(29)14-23(30)13-20)6-5-7-27(18)35-24-10-11-31-26(15-24)21-8-9-28(33-17-21)34(3)4/h5-15,17,32H,2,16H2,1,3-4H3. The first-order chi connectivity index (χ1) is 16.8. The van der Waals surface area contributed by atoms with Crippen LogP contribution in [0.1, 0.15) is 16.7 Å². The second kappa shape index (κ2) is 10.3. The number of aromatic nitrogens is 2. The molecule has 7 heteroatoms. The van der Waals surface area contributed by atoms with Gasteiger partial charge in [0.25, 0.3) is 0 Å². The molecule has 2 aromatic carbocycles. The molecule has 5 nitrogen and oxygen atoms in total. The zero-order chi connectivity index (χ0) is 24.9. The van der Waals surface area contributed by atoms with Crippen LogP contribution in [0.5, 0.6) is 11.5 Å². The summed E-state index contributed by atoms with van der Waals surface area (Å²) in [6.45, 7) is 6.27. The molecule has 2 heterocycles. The number of anilines is 1. The second-order valence-corrected chi connectivity index (χ2v) is 8.32. The van der Waals surface area contributed by atoms with Crippen molar-refractivity contribution in [3.63, 3.8) is 0 Å². The largest absolute Gasteiger partial charge is 0.457 e. The van der Waals surface area contributed by atoms with Gasteiger partial charge in [-0.2, -0.15) is 0 Å². The Bertz CT molecular complexity index is 1330. The maximum Gasteiger partial charge on any atom is 0.131 e. The molecule has 2 aromatic heterocycles. The van der Waals surface area contributed by atoms with Gasteiger partial charge in [0, 0.05) is 67.6 Å². The average Bonchev–Trinajstić information content (AvgIpc) is 2.83. The summed E-state index contributed by atoms with van der Waals surface area (Å²) in [4.78, 5) is 10.8. The molecular weight excluding hydrogens is 446 g/mol. The van der Waals surface area contributed by atoms with E-state index < -0.39 is 11.6 Å². The number of ether oxygens (including phenoxy) is 1. The Morgan fingerprint density at radius 3 is 2.46 bits per heavy atom. The molecule has 0 atom stereocenters. The fourth-order valence-electron chi connectivity index (χ4n) is 3.63.